The highest BCUT2D eigenvalue weighted by Gasteiger charge is 2.16. The largest absolute Gasteiger partial charge is 0.389 e. The number of anilines is 2. The molecule has 2 nitrogen and oxygen atoms in total. The van der Waals surface area contributed by atoms with Crippen LogP contribution in [-0.2, 0) is 0 Å². The molecule has 5 heteroatoms. The zero-order valence-electron chi connectivity index (χ0n) is 10.9. The van der Waals surface area contributed by atoms with Gasteiger partial charge in [0, 0.05) is 12.1 Å². The smallest absolute Gasteiger partial charge is 0.146 e. The minimum atomic E-state index is -0.430. The van der Waals surface area contributed by atoms with Crippen molar-refractivity contribution in [3.8, 4) is 0 Å². The van der Waals surface area contributed by atoms with Gasteiger partial charge in [-0.05, 0) is 37.3 Å². The molecule has 0 radical (unpaired) electrons. The molecule has 0 saturated heterocycles. The Hall–Kier alpha value is -2.01. The Morgan fingerprint density at radius 3 is 2.45 bits per heavy atom. The van der Waals surface area contributed by atoms with Gasteiger partial charge in [-0.1, -0.05) is 24.4 Å². The lowest BCUT2D eigenvalue weighted by Gasteiger charge is -2.26. The topological polar surface area (TPSA) is 29.3 Å². The van der Waals surface area contributed by atoms with Crippen molar-refractivity contribution < 1.29 is 8.78 Å². The Kier molecular flexibility index (Phi) is 4.29. The summed E-state index contributed by atoms with van der Waals surface area (Å²) in [7, 11) is 0. The van der Waals surface area contributed by atoms with Gasteiger partial charge >= 0.3 is 0 Å². The zero-order chi connectivity index (χ0) is 14.7. The van der Waals surface area contributed by atoms with Gasteiger partial charge in [0.1, 0.15) is 16.6 Å². The van der Waals surface area contributed by atoms with Gasteiger partial charge in [0.25, 0.3) is 0 Å². The van der Waals surface area contributed by atoms with Gasteiger partial charge in [0.05, 0.1) is 11.4 Å². The van der Waals surface area contributed by atoms with Crippen LogP contribution in [0.4, 0.5) is 20.2 Å². The van der Waals surface area contributed by atoms with Crippen molar-refractivity contribution in [3.63, 3.8) is 0 Å². The van der Waals surface area contributed by atoms with Crippen LogP contribution in [0.2, 0.25) is 0 Å². The number of nitrogens with zero attached hydrogens (tertiary/aromatic N) is 1. The quantitative estimate of drug-likeness (QED) is 0.870. The maximum absolute atomic E-state index is 13.9. The molecule has 2 aromatic rings. The monoisotopic (exact) mass is 292 g/mol. The lowest BCUT2D eigenvalue weighted by molar-refractivity contribution is 0.624. The predicted octanol–water partition coefficient (Wildman–Crippen LogP) is 3.76. The molecule has 0 atom stereocenters. The fourth-order valence-electron chi connectivity index (χ4n) is 2.08. The number of para-hydroxylation sites is 1. The Morgan fingerprint density at radius 2 is 1.85 bits per heavy atom. The first-order valence-corrected chi connectivity index (χ1v) is 6.56. The van der Waals surface area contributed by atoms with Crippen molar-refractivity contribution in [3.05, 3.63) is 59.7 Å². The maximum atomic E-state index is 13.9. The van der Waals surface area contributed by atoms with Crippen molar-refractivity contribution in [1.82, 2.24) is 0 Å². The molecule has 0 aliphatic carbocycles. The maximum Gasteiger partial charge on any atom is 0.146 e. The van der Waals surface area contributed by atoms with E-state index in [9.17, 15) is 8.78 Å². The zero-order valence-corrected chi connectivity index (χ0v) is 11.8. The van der Waals surface area contributed by atoms with Crippen molar-refractivity contribution in [1.29, 1.82) is 0 Å². The summed E-state index contributed by atoms with van der Waals surface area (Å²) < 4.78 is 27.3. The van der Waals surface area contributed by atoms with Crippen LogP contribution in [0.5, 0.6) is 0 Å². The van der Waals surface area contributed by atoms with Gasteiger partial charge in [-0.15, -0.1) is 0 Å². The number of hydrogen-bond acceptors (Lipinski definition) is 2. The second kappa shape index (κ2) is 5.96. The Bertz CT molecular complexity index is 644. The van der Waals surface area contributed by atoms with E-state index >= 15 is 0 Å². The van der Waals surface area contributed by atoms with E-state index in [4.69, 9.17) is 18.0 Å². The SMILES string of the molecule is CCN(c1ccccc1F)c1ccc(F)cc1C(N)=S. The van der Waals surface area contributed by atoms with Crippen LogP contribution < -0.4 is 10.6 Å². The van der Waals surface area contributed by atoms with Crippen LogP contribution >= 0.6 is 12.2 Å². The lowest BCUT2D eigenvalue weighted by atomic mass is 10.1. The van der Waals surface area contributed by atoms with E-state index in [1.807, 2.05) is 6.92 Å². The normalized spacial score (nSPS) is 10.3. The van der Waals surface area contributed by atoms with Crippen LogP contribution in [-0.4, -0.2) is 11.5 Å². The predicted molar refractivity (Wildman–Crippen MR) is 81.4 cm³/mol. The molecule has 0 unspecified atom stereocenters. The van der Waals surface area contributed by atoms with Crippen molar-refractivity contribution >= 4 is 28.6 Å². The Balaban J connectivity index is 2.58. The molecule has 2 aromatic carbocycles. The molecule has 0 amide bonds. The average molecular weight is 292 g/mol. The summed E-state index contributed by atoms with van der Waals surface area (Å²) in [6.45, 7) is 2.38. The number of nitrogens with two attached hydrogens (primary N) is 1. The molecule has 0 bridgehead atoms. The van der Waals surface area contributed by atoms with Gasteiger partial charge in [-0.25, -0.2) is 8.78 Å². The third kappa shape index (κ3) is 2.77. The van der Waals surface area contributed by atoms with Crippen LogP contribution in [0, 0.1) is 11.6 Å². The Morgan fingerprint density at radius 1 is 1.15 bits per heavy atom. The van der Waals surface area contributed by atoms with E-state index in [2.05, 4.69) is 0 Å². The summed E-state index contributed by atoms with van der Waals surface area (Å²) in [6.07, 6.45) is 0. The third-order valence-corrected chi connectivity index (χ3v) is 3.19. The summed E-state index contributed by atoms with van der Waals surface area (Å²) in [6, 6.07) is 10.5. The van der Waals surface area contributed by atoms with Gasteiger partial charge < -0.3 is 10.6 Å². The van der Waals surface area contributed by atoms with Crippen molar-refractivity contribution in [2.75, 3.05) is 11.4 Å². The molecular formula is C15H14F2N2S. The fourth-order valence-corrected chi connectivity index (χ4v) is 2.25. The molecule has 0 saturated carbocycles. The van der Waals surface area contributed by atoms with E-state index in [1.54, 1.807) is 29.2 Å². The molecule has 20 heavy (non-hydrogen) atoms. The molecule has 0 aliphatic rings. The minimum absolute atomic E-state index is 0.0780. The molecule has 104 valence electrons. The molecule has 0 heterocycles. The van der Waals surface area contributed by atoms with Gasteiger partial charge in [0.2, 0.25) is 0 Å². The molecule has 0 fully saturated rings. The molecule has 2 rings (SSSR count). The molecule has 0 aliphatic heterocycles. The van der Waals surface area contributed by atoms with Crippen LogP contribution in [0.3, 0.4) is 0 Å². The number of halogens is 2. The first kappa shape index (κ1) is 14.4. The summed E-state index contributed by atoms with van der Waals surface area (Å²) in [5, 5.41) is 0. The second-order valence-corrected chi connectivity index (χ2v) is 4.66. The summed E-state index contributed by atoms with van der Waals surface area (Å²) in [4.78, 5) is 1.79. The molecular weight excluding hydrogens is 278 g/mol. The highest BCUT2D eigenvalue weighted by atomic mass is 32.1. The summed E-state index contributed by atoms with van der Waals surface area (Å²) >= 11 is 4.95. The van der Waals surface area contributed by atoms with Crippen molar-refractivity contribution in [2.24, 2.45) is 5.73 Å². The van der Waals surface area contributed by atoms with E-state index in [0.29, 0.717) is 23.5 Å². The second-order valence-electron chi connectivity index (χ2n) is 4.22. The minimum Gasteiger partial charge on any atom is -0.389 e. The summed E-state index contributed by atoms with van der Waals surface area (Å²) in [5.74, 6) is -0.784. The average Bonchev–Trinajstić information content (AvgIpc) is 2.42. The van der Waals surface area contributed by atoms with Gasteiger partial charge in [0.15, 0.2) is 0 Å². The van der Waals surface area contributed by atoms with E-state index in [1.165, 1.54) is 18.2 Å². The summed E-state index contributed by atoms with van der Waals surface area (Å²) in [5.41, 5.74) is 7.02. The number of rotatable bonds is 4. The number of benzene rings is 2. The molecule has 0 spiro atoms. The van der Waals surface area contributed by atoms with Crippen LogP contribution in [0.1, 0.15) is 12.5 Å². The standard InChI is InChI=1S/C15H14F2N2S/c1-2-19(14-6-4-3-5-12(14)17)13-8-7-10(16)9-11(13)15(18)20/h3-9H,2H2,1H3,(H2,18,20). The first-order valence-electron chi connectivity index (χ1n) is 6.16. The van der Waals surface area contributed by atoms with Crippen LogP contribution in [0.15, 0.2) is 42.5 Å². The first-order chi connectivity index (χ1) is 9.54. The number of thiocarbonyl (C=S) groups is 1. The third-order valence-electron chi connectivity index (χ3n) is 2.97. The fraction of sp³-hybridized carbons (Fsp3) is 0.133. The molecule has 2 N–H and O–H groups in total. The van der Waals surface area contributed by atoms with Gasteiger partial charge in [-0.2, -0.15) is 0 Å². The van der Waals surface area contributed by atoms with Crippen molar-refractivity contribution in [2.45, 2.75) is 6.92 Å². The highest BCUT2D eigenvalue weighted by molar-refractivity contribution is 7.80. The van der Waals surface area contributed by atoms with Gasteiger partial charge in [-0.3, -0.25) is 0 Å². The van der Waals surface area contributed by atoms with Crippen LogP contribution in [0.25, 0.3) is 0 Å². The highest BCUT2D eigenvalue weighted by Crippen LogP contribution is 2.30. The Labute approximate surface area is 121 Å². The van der Waals surface area contributed by atoms with E-state index in [0.717, 1.165) is 0 Å². The molecule has 0 aromatic heterocycles. The lowest BCUT2D eigenvalue weighted by Crippen LogP contribution is -2.22. The van der Waals surface area contributed by atoms with E-state index in [-0.39, 0.29) is 10.8 Å². The van der Waals surface area contributed by atoms with E-state index < -0.39 is 5.82 Å². The number of hydrogen-bond donors (Lipinski definition) is 1.